The molecule has 6 nitrogen and oxygen atoms in total. The lowest BCUT2D eigenvalue weighted by molar-refractivity contribution is 0.244. The monoisotopic (exact) mass is 258 g/mol. The van der Waals surface area contributed by atoms with E-state index in [4.69, 9.17) is 0 Å². The Labute approximate surface area is 112 Å². The summed E-state index contributed by atoms with van der Waals surface area (Å²) < 4.78 is 0. The molecule has 0 saturated carbocycles. The molecule has 6 heteroatoms. The smallest absolute Gasteiger partial charge is 0.164 e. The van der Waals surface area contributed by atoms with Crippen LogP contribution in [0.5, 0.6) is 0 Å². The molecule has 0 spiro atoms. The molecule has 1 fully saturated rings. The van der Waals surface area contributed by atoms with Gasteiger partial charge in [-0.1, -0.05) is 6.07 Å². The first kappa shape index (κ1) is 12.1. The van der Waals surface area contributed by atoms with E-state index >= 15 is 0 Å². The Kier molecular flexibility index (Phi) is 3.41. The first-order chi connectivity index (χ1) is 9.31. The second-order valence-corrected chi connectivity index (χ2v) is 4.79. The second kappa shape index (κ2) is 5.36. The highest BCUT2D eigenvalue weighted by molar-refractivity contribution is 5.38. The van der Waals surface area contributed by atoms with E-state index in [1.807, 2.05) is 25.3 Å². The lowest BCUT2D eigenvalue weighted by Crippen LogP contribution is -2.46. The van der Waals surface area contributed by atoms with Crippen LogP contribution in [0.2, 0.25) is 0 Å². The van der Waals surface area contributed by atoms with Crippen molar-refractivity contribution in [2.75, 3.05) is 31.1 Å². The molecule has 1 N–H and O–H groups in total. The van der Waals surface area contributed by atoms with Crippen molar-refractivity contribution in [3.05, 3.63) is 36.0 Å². The molecule has 2 aromatic heterocycles. The van der Waals surface area contributed by atoms with Crippen molar-refractivity contribution >= 4 is 5.82 Å². The summed E-state index contributed by atoms with van der Waals surface area (Å²) in [7, 11) is 0. The highest BCUT2D eigenvalue weighted by atomic mass is 15.3. The van der Waals surface area contributed by atoms with Gasteiger partial charge in [0, 0.05) is 32.4 Å². The van der Waals surface area contributed by atoms with Crippen molar-refractivity contribution < 1.29 is 0 Å². The van der Waals surface area contributed by atoms with Crippen LogP contribution in [0.15, 0.2) is 24.4 Å². The fourth-order valence-corrected chi connectivity index (χ4v) is 2.34. The Morgan fingerprint density at radius 2 is 2.05 bits per heavy atom. The van der Waals surface area contributed by atoms with Gasteiger partial charge in [-0.3, -0.25) is 10.00 Å². The van der Waals surface area contributed by atoms with Crippen molar-refractivity contribution in [2.45, 2.75) is 13.5 Å². The standard InChI is InChI=1S/C13H18N6/c1-11-15-12(17-16-11)10-18-6-8-19(9-7-18)13-4-2-3-5-14-13/h2-5H,6-10H2,1H3,(H,15,16,17). The van der Waals surface area contributed by atoms with Crippen LogP contribution in [-0.2, 0) is 6.54 Å². The maximum absolute atomic E-state index is 4.39. The molecule has 0 amide bonds. The molecule has 0 aliphatic carbocycles. The topological polar surface area (TPSA) is 60.9 Å². The summed E-state index contributed by atoms with van der Waals surface area (Å²) in [5.41, 5.74) is 0. The molecule has 3 rings (SSSR count). The predicted octanol–water partition coefficient (Wildman–Crippen LogP) is 0.830. The van der Waals surface area contributed by atoms with Crippen molar-refractivity contribution in [2.24, 2.45) is 0 Å². The number of hydrogen-bond donors (Lipinski definition) is 1. The van der Waals surface area contributed by atoms with Gasteiger partial charge in [0.05, 0.1) is 6.54 Å². The fourth-order valence-electron chi connectivity index (χ4n) is 2.34. The van der Waals surface area contributed by atoms with Gasteiger partial charge in [0.2, 0.25) is 0 Å². The molecule has 0 aromatic carbocycles. The van der Waals surface area contributed by atoms with Crippen molar-refractivity contribution in [3.63, 3.8) is 0 Å². The van der Waals surface area contributed by atoms with E-state index in [1.54, 1.807) is 0 Å². The summed E-state index contributed by atoms with van der Waals surface area (Å²) in [5.74, 6) is 2.82. The third kappa shape index (κ3) is 2.90. The molecular weight excluding hydrogens is 240 g/mol. The minimum absolute atomic E-state index is 0.820. The number of piperazine rings is 1. The number of aromatic amines is 1. The van der Waals surface area contributed by atoms with Gasteiger partial charge in [-0.05, 0) is 19.1 Å². The summed E-state index contributed by atoms with van der Waals surface area (Å²) in [6, 6.07) is 6.05. The van der Waals surface area contributed by atoms with Crippen molar-refractivity contribution in [1.29, 1.82) is 0 Å². The van der Waals surface area contributed by atoms with Gasteiger partial charge >= 0.3 is 0 Å². The normalized spacial score (nSPS) is 16.8. The first-order valence-corrected chi connectivity index (χ1v) is 6.57. The number of anilines is 1. The van der Waals surface area contributed by atoms with Gasteiger partial charge in [0.15, 0.2) is 5.82 Å². The molecular formula is C13H18N6. The van der Waals surface area contributed by atoms with Gasteiger partial charge in [0.1, 0.15) is 11.6 Å². The zero-order valence-electron chi connectivity index (χ0n) is 11.1. The van der Waals surface area contributed by atoms with E-state index in [2.05, 4.69) is 36.0 Å². The molecule has 1 aliphatic heterocycles. The largest absolute Gasteiger partial charge is 0.354 e. The third-order valence-corrected chi connectivity index (χ3v) is 3.35. The van der Waals surface area contributed by atoms with E-state index in [1.165, 1.54) is 0 Å². The SMILES string of the molecule is Cc1nc(CN2CCN(c3ccccn3)CC2)n[nH]1. The summed E-state index contributed by atoms with van der Waals surface area (Å²) in [6.07, 6.45) is 1.85. The van der Waals surface area contributed by atoms with Crippen LogP contribution in [0.1, 0.15) is 11.6 Å². The van der Waals surface area contributed by atoms with Gasteiger partial charge in [-0.2, -0.15) is 5.10 Å². The van der Waals surface area contributed by atoms with Crippen LogP contribution in [0.4, 0.5) is 5.82 Å². The highest BCUT2D eigenvalue weighted by Crippen LogP contribution is 2.13. The van der Waals surface area contributed by atoms with Crippen LogP contribution in [0.25, 0.3) is 0 Å². The number of nitrogens with one attached hydrogen (secondary N) is 1. The van der Waals surface area contributed by atoms with Crippen molar-refractivity contribution in [3.8, 4) is 0 Å². The molecule has 2 aromatic rings. The Balaban J connectivity index is 1.55. The number of aryl methyl sites for hydroxylation is 1. The summed E-state index contributed by atoms with van der Waals surface area (Å²) in [4.78, 5) is 13.4. The molecule has 3 heterocycles. The number of aromatic nitrogens is 4. The van der Waals surface area contributed by atoms with Crippen molar-refractivity contribution in [1.82, 2.24) is 25.1 Å². The quantitative estimate of drug-likeness (QED) is 0.883. The lowest BCUT2D eigenvalue weighted by Gasteiger charge is -2.34. The zero-order valence-corrected chi connectivity index (χ0v) is 11.1. The van der Waals surface area contributed by atoms with Gasteiger partial charge in [-0.25, -0.2) is 9.97 Å². The van der Waals surface area contributed by atoms with Crippen LogP contribution in [-0.4, -0.2) is 51.2 Å². The maximum atomic E-state index is 4.39. The Hall–Kier alpha value is -1.95. The molecule has 0 atom stereocenters. The molecule has 1 aliphatic rings. The minimum atomic E-state index is 0.820. The Morgan fingerprint density at radius 1 is 1.21 bits per heavy atom. The second-order valence-electron chi connectivity index (χ2n) is 4.79. The molecule has 0 radical (unpaired) electrons. The summed E-state index contributed by atoms with van der Waals surface area (Å²) in [5, 5.41) is 7.07. The van der Waals surface area contributed by atoms with Gasteiger partial charge in [-0.15, -0.1) is 0 Å². The van der Waals surface area contributed by atoms with E-state index in [-0.39, 0.29) is 0 Å². The number of H-pyrrole nitrogens is 1. The summed E-state index contributed by atoms with van der Waals surface area (Å²) >= 11 is 0. The number of rotatable bonds is 3. The lowest BCUT2D eigenvalue weighted by atomic mass is 10.3. The van der Waals surface area contributed by atoms with E-state index in [0.717, 1.165) is 50.2 Å². The first-order valence-electron chi connectivity index (χ1n) is 6.57. The van der Waals surface area contributed by atoms with Crippen LogP contribution in [0, 0.1) is 6.92 Å². The maximum Gasteiger partial charge on any atom is 0.164 e. The molecule has 19 heavy (non-hydrogen) atoms. The average molecular weight is 258 g/mol. The van der Waals surface area contributed by atoms with E-state index < -0.39 is 0 Å². The Morgan fingerprint density at radius 3 is 2.68 bits per heavy atom. The van der Waals surface area contributed by atoms with Crippen LogP contribution >= 0.6 is 0 Å². The van der Waals surface area contributed by atoms with Gasteiger partial charge < -0.3 is 4.90 Å². The predicted molar refractivity (Wildman–Crippen MR) is 72.8 cm³/mol. The van der Waals surface area contributed by atoms with E-state index in [0.29, 0.717) is 0 Å². The summed E-state index contributed by atoms with van der Waals surface area (Å²) in [6.45, 7) is 6.78. The van der Waals surface area contributed by atoms with Crippen LogP contribution in [0.3, 0.4) is 0 Å². The number of pyridine rings is 1. The number of nitrogens with zero attached hydrogens (tertiary/aromatic N) is 5. The molecule has 0 bridgehead atoms. The molecule has 100 valence electrons. The molecule has 1 saturated heterocycles. The zero-order chi connectivity index (χ0) is 13.1. The Bertz CT molecular complexity index is 515. The van der Waals surface area contributed by atoms with E-state index in [9.17, 15) is 0 Å². The fraction of sp³-hybridized carbons (Fsp3) is 0.462. The molecule has 0 unspecified atom stereocenters. The van der Waals surface area contributed by atoms with Gasteiger partial charge in [0.25, 0.3) is 0 Å². The highest BCUT2D eigenvalue weighted by Gasteiger charge is 2.18. The third-order valence-electron chi connectivity index (χ3n) is 3.35. The average Bonchev–Trinajstić information content (AvgIpc) is 2.86. The van der Waals surface area contributed by atoms with Crippen LogP contribution < -0.4 is 4.90 Å². The number of hydrogen-bond acceptors (Lipinski definition) is 5. The minimum Gasteiger partial charge on any atom is -0.354 e.